The van der Waals surface area contributed by atoms with Gasteiger partial charge in [-0.2, -0.15) is 11.8 Å². The number of thioether (sulfide) groups is 2. The highest BCUT2D eigenvalue weighted by atomic mass is 32.2. The van der Waals surface area contributed by atoms with Gasteiger partial charge in [-0.3, -0.25) is 15.1 Å². The lowest BCUT2D eigenvalue weighted by Crippen LogP contribution is -2.42. The summed E-state index contributed by atoms with van der Waals surface area (Å²) in [6.07, 6.45) is 6.72. The molecule has 1 aromatic heterocycles. The van der Waals surface area contributed by atoms with Crippen molar-refractivity contribution in [3.63, 3.8) is 0 Å². The standard InChI is InChI=1S/C13H19N3OS2/c1-18-7-3-6-15-12(17)11-9-19-13(16-11)10-4-2-5-14-8-10/h2,4-5,8,11,13,16H,3,6-7,9H2,1H3,(H,15,17)/t11-,13?/m0/s1. The van der Waals surface area contributed by atoms with Crippen molar-refractivity contribution in [2.24, 2.45) is 0 Å². The van der Waals surface area contributed by atoms with Crippen molar-refractivity contribution in [1.82, 2.24) is 15.6 Å². The Kier molecular flexibility index (Phi) is 6.00. The topological polar surface area (TPSA) is 54.0 Å². The van der Waals surface area contributed by atoms with E-state index >= 15 is 0 Å². The second kappa shape index (κ2) is 7.77. The molecule has 104 valence electrons. The van der Waals surface area contributed by atoms with Gasteiger partial charge in [-0.15, -0.1) is 11.8 Å². The predicted octanol–water partition coefficient (Wildman–Crippen LogP) is 1.65. The summed E-state index contributed by atoms with van der Waals surface area (Å²) in [6, 6.07) is 3.87. The van der Waals surface area contributed by atoms with Gasteiger partial charge in [-0.05, 0) is 30.1 Å². The van der Waals surface area contributed by atoms with Crippen LogP contribution in [0.1, 0.15) is 17.4 Å². The van der Waals surface area contributed by atoms with Gasteiger partial charge in [-0.25, -0.2) is 0 Å². The lowest BCUT2D eigenvalue weighted by molar-refractivity contribution is -0.122. The molecule has 2 heterocycles. The van der Waals surface area contributed by atoms with E-state index < -0.39 is 0 Å². The van der Waals surface area contributed by atoms with E-state index in [4.69, 9.17) is 0 Å². The van der Waals surface area contributed by atoms with Crippen LogP contribution < -0.4 is 10.6 Å². The highest BCUT2D eigenvalue weighted by Crippen LogP contribution is 2.32. The lowest BCUT2D eigenvalue weighted by Gasteiger charge is -2.13. The molecule has 1 fully saturated rings. The van der Waals surface area contributed by atoms with Crippen LogP contribution in [0.3, 0.4) is 0 Å². The molecule has 0 radical (unpaired) electrons. The molecule has 1 aromatic rings. The molecule has 2 rings (SSSR count). The minimum atomic E-state index is -0.0931. The van der Waals surface area contributed by atoms with Gasteiger partial charge >= 0.3 is 0 Å². The molecule has 19 heavy (non-hydrogen) atoms. The fourth-order valence-electron chi connectivity index (χ4n) is 1.90. The number of aromatic nitrogens is 1. The molecule has 1 unspecified atom stereocenters. The van der Waals surface area contributed by atoms with Crippen LogP contribution in [0, 0.1) is 0 Å². The largest absolute Gasteiger partial charge is 0.355 e. The van der Waals surface area contributed by atoms with Crippen LogP contribution in [-0.2, 0) is 4.79 Å². The third-order valence-corrected chi connectivity index (χ3v) is 4.87. The van der Waals surface area contributed by atoms with Crippen molar-refractivity contribution < 1.29 is 4.79 Å². The number of pyridine rings is 1. The summed E-state index contributed by atoms with van der Waals surface area (Å²) >= 11 is 3.56. The summed E-state index contributed by atoms with van der Waals surface area (Å²) < 4.78 is 0. The van der Waals surface area contributed by atoms with E-state index in [0.29, 0.717) is 0 Å². The van der Waals surface area contributed by atoms with Gasteiger partial charge in [-0.1, -0.05) is 6.07 Å². The van der Waals surface area contributed by atoms with Gasteiger partial charge in [0.05, 0.1) is 11.4 Å². The SMILES string of the molecule is CSCCCNC(=O)[C@@H]1CSC(c2cccnc2)N1. The first kappa shape index (κ1) is 14.7. The average molecular weight is 297 g/mol. The van der Waals surface area contributed by atoms with E-state index in [1.807, 2.05) is 18.3 Å². The Morgan fingerprint density at radius 2 is 2.58 bits per heavy atom. The van der Waals surface area contributed by atoms with E-state index in [1.54, 1.807) is 29.7 Å². The first-order valence-corrected chi connectivity index (χ1v) is 8.79. The second-order valence-electron chi connectivity index (χ2n) is 4.36. The average Bonchev–Trinajstić information content (AvgIpc) is 2.94. The maximum Gasteiger partial charge on any atom is 0.238 e. The lowest BCUT2D eigenvalue weighted by atomic mass is 10.2. The Morgan fingerprint density at radius 1 is 1.68 bits per heavy atom. The molecule has 0 aromatic carbocycles. The van der Waals surface area contributed by atoms with Gasteiger partial charge in [0, 0.05) is 24.7 Å². The Bertz CT molecular complexity index is 402. The van der Waals surface area contributed by atoms with Gasteiger partial charge in [0.1, 0.15) is 0 Å². The number of nitrogens with one attached hydrogen (secondary N) is 2. The molecule has 2 N–H and O–H groups in total. The fourth-order valence-corrected chi connectivity index (χ4v) is 3.56. The molecule has 0 spiro atoms. The van der Waals surface area contributed by atoms with Gasteiger partial charge in [0.25, 0.3) is 0 Å². The second-order valence-corrected chi connectivity index (χ2v) is 6.48. The van der Waals surface area contributed by atoms with Crippen molar-refractivity contribution in [3.8, 4) is 0 Å². The fraction of sp³-hybridized carbons (Fsp3) is 0.538. The third-order valence-electron chi connectivity index (χ3n) is 2.91. The zero-order valence-electron chi connectivity index (χ0n) is 11.0. The molecular weight excluding hydrogens is 278 g/mol. The Balaban J connectivity index is 1.77. The number of carbonyl (C=O) groups excluding carboxylic acids is 1. The molecule has 6 heteroatoms. The van der Waals surface area contributed by atoms with Crippen LogP contribution in [-0.4, -0.2) is 41.2 Å². The summed E-state index contributed by atoms with van der Waals surface area (Å²) in [6.45, 7) is 0.764. The maximum atomic E-state index is 12.0. The summed E-state index contributed by atoms with van der Waals surface area (Å²) in [5, 5.41) is 6.52. The Hall–Kier alpha value is -0.720. The molecule has 2 atom stereocenters. The molecule has 1 aliphatic rings. The van der Waals surface area contributed by atoms with E-state index in [-0.39, 0.29) is 17.3 Å². The monoisotopic (exact) mass is 297 g/mol. The van der Waals surface area contributed by atoms with Crippen LogP contribution in [0.15, 0.2) is 24.5 Å². The number of carbonyl (C=O) groups is 1. The van der Waals surface area contributed by atoms with Gasteiger partial charge in [0.15, 0.2) is 0 Å². The van der Waals surface area contributed by atoms with Crippen LogP contribution >= 0.6 is 23.5 Å². The van der Waals surface area contributed by atoms with Crippen molar-refractivity contribution in [3.05, 3.63) is 30.1 Å². The normalized spacial score (nSPS) is 22.4. The smallest absolute Gasteiger partial charge is 0.238 e. The number of hydrogen-bond acceptors (Lipinski definition) is 5. The molecule has 0 aliphatic carbocycles. The number of amides is 1. The first-order chi connectivity index (χ1) is 9.31. The molecule has 1 aliphatic heterocycles. The minimum absolute atomic E-state index is 0.0931. The zero-order chi connectivity index (χ0) is 13.5. The summed E-state index contributed by atoms with van der Waals surface area (Å²) in [4.78, 5) is 16.1. The molecular formula is C13H19N3OS2. The van der Waals surface area contributed by atoms with Gasteiger partial charge < -0.3 is 5.32 Å². The van der Waals surface area contributed by atoms with Crippen molar-refractivity contribution in [2.45, 2.75) is 17.8 Å². The minimum Gasteiger partial charge on any atom is -0.355 e. The number of hydrogen-bond donors (Lipinski definition) is 2. The van der Waals surface area contributed by atoms with Crippen molar-refractivity contribution in [1.29, 1.82) is 0 Å². The number of nitrogens with zero attached hydrogens (tertiary/aromatic N) is 1. The van der Waals surface area contributed by atoms with Gasteiger partial charge in [0.2, 0.25) is 5.91 Å². The van der Waals surface area contributed by atoms with Crippen LogP contribution in [0.25, 0.3) is 0 Å². The molecule has 4 nitrogen and oxygen atoms in total. The predicted molar refractivity (Wildman–Crippen MR) is 82.4 cm³/mol. The zero-order valence-corrected chi connectivity index (χ0v) is 12.6. The van der Waals surface area contributed by atoms with E-state index in [9.17, 15) is 4.79 Å². The third kappa shape index (κ3) is 4.40. The molecule has 0 saturated carbocycles. The van der Waals surface area contributed by atoms with Crippen LogP contribution in [0.5, 0.6) is 0 Å². The van der Waals surface area contributed by atoms with Crippen molar-refractivity contribution in [2.75, 3.05) is 24.3 Å². The Morgan fingerprint density at radius 3 is 3.32 bits per heavy atom. The van der Waals surface area contributed by atoms with Crippen LogP contribution in [0.2, 0.25) is 0 Å². The number of rotatable bonds is 6. The molecule has 1 amide bonds. The van der Waals surface area contributed by atoms with Crippen molar-refractivity contribution >= 4 is 29.4 Å². The van der Waals surface area contributed by atoms with Crippen LogP contribution in [0.4, 0.5) is 0 Å². The summed E-state index contributed by atoms with van der Waals surface area (Å²) in [7, 11) is 0. The van der Waals surface area contributed by atoms with E-state index in [1.165, 1.54) is 0 Å². The quantitative estimate of drug-likeness (QED) is 0.782. The Labute approximate surface area is 122 Å². The summed E-state index contributed by atoms with van der Waals surface area (Å²) in [5.74, 6) is 2.01. The van der Waals surface area contributed by atoms with E-state index in [0.717, 1.165) is 30.0 Å². The highest BCUT2D eigenvalue weighted by molar-refractivity contribution is 7.99. The van der Waals surface area contributed by atoms with E-state index in [2.05, 4.69) is 21.9 Å². The summed E-state index contributed by atoms with van der Waals surface area (Å²) in [5.41, 5.74) is 1.13. The molecule has 1 saturated heterocycles. The maximum absolute atomic E-state index is 12.0. The first-order valence-electron chi connectivity index (χ1n) is 6.35. The highest BCUT2D eigenvalue weighted by Gasteiger charge is 2.30. The molecule has 0 bridgehead atoms.